The third-order valence-electron chi connectivity index (χ3n) is 4.82. The molecule has 10 heteroatoms. The van der Waals surface area contributed by atoms with Gasteiger partial charge in [-0.25, -0.2) is 4.98 Å². The first-order valence-corrected chi connectivity index (χ1v) is 11.9. The van der Waals surface area contributed by atoms with Gasteiger partial charge in [-0.15, -0.1) is 10.2 Å². The van der Waals surface area contributed by atoms with Gasteiger partial charge >= 0.3 is 0 Å². The summed E-state index contributed by atoms with van der Waals surface area (Å²) in [5, 5.41) is 12.7. The van der Waals surface area contributed by atoms with Crippen molar-refractivity contribution in [2.75, 3.05) is 18.2 Å². The number of carbonyl (C=O) groups excluding carboxylic acids is 1. The zero-order valence-electron chi connectivity index (χ0n) is 17.6. The van der Waals surface area contributed by atoms with Crippen molar-refractivity contribution in [1.82, 2.24) is 19.7 Å². The highest BCUT2D eigenvalue weighted by Crippen LogP contribution is 2.30. The Morgan fingerprint density at radius 2 is 2.03 bits per heavy atom. The topological polar surface area (TPSA) is 95.1 Å². The number of benzene rings is 2. The van der Waals surface area contributed by atoms with E-state index in [1.807, 2.05) is 65.2 Å². The molecule has 0 aliphatic heterocycles. The van der Waals surface area contributed by atoms with Gasteiger partial charge in [0.1, 0.15) is 5.75 Å². The Bertz CT molecular complexity index is 1380. The van der Waals surface area contributed by atoms with Gasteiger partial charge in [-0.2, -0.15) is 0 Å². The number of thiazole rings is 1. The number of aromatic nitrogens is 4. The van der Waals surface area contributed by atoms with Gasteiger partial charge in [-0.3, -0.25) is 9.36 Å². The molecule has 0 radical (unpaired) electrons. The molecule has 5 aromatic rings. The summed E-state index contributed by atoms with van der Waals surface area (Å²) in [5.41, 5.74) is 1.91. The van der Waals surface area contributed by atoms with Crippen LogP contribution in [0, 0.1) is 0 Å². The van der Waals surface area contributed by atoms with E-state index in [1.165, 1.54) is 23.1 Å². The number of nitrogens with zero attached hydrogens (tertiary/aromatic N) is 4. The molecule has 0 saturated carbocycles. The fourth-order valence-electron chi connectivity index (χ4n) is 3.26. The molecule has 0 saturated heterocycles. The number of furan rings is 1. The molecule has 0 spiro atoms. The van der Waals surface area contributed by atoms with E-state index in [-0.39, 0.29) is 11.7 Å². The number of ether oxygens (including phenoxy) is 1. The van der Waals surface area contributed by atoms with E-state index in [4.69, 9.17) is 9.15 Å². The molecule has 1 N–H and O–H groups in total. The summed E-state index contributed by atoms with van der Waals surface area (Å²) < 4.78 is 13.7. The van der Waals surface area contributed by atoms with Crippen LogP contribution in [-0.4, -0.2) is 38.5 Å². The molecule has 1 amide bonds. The van der Waals surface area contributed by atoms with Crippen LogP contribution in [0.1, 0.15) is 5.56 Å². The summed E-state index contributed by atoms with van der Waals surface area (Å²) >= 11 is 2.72. The van der Waals surface area contributed by atoms with Gasteiger partial charge in [-0.05, 0) is 35.9 Å². The molecule has 0 aliphatic rings. The maximum Gasteiger partial charge on any atom is 0.236 e. The lowest BCUT2D eigenvalue weighted by atomic mass is 10.2. The molecule has 0 bridgehead atoms. The summed E-state index contributed by atoms with van der Waals surface area (Å²) in [7, 11) is 1.62. The van der Waals surface area contributed by atoms with Crippen molar-refractivity contribution >= 4 is 44.4 Å². The Labute approximate surface area is 197 Å². The Hall–Kier alpha value is -3.63. The third kappa shape index (κ3) is 4.76. The molecule has 3 aromatic heterocycles. The van der Waals surface area contributed by atoms with Gasteiger partial charge in [0.2, 0.25) is 11.7 Å². The molecular weight excluding hydrogens is 458 g/mol. The van der Waals surface area contributed by atoms with Gasteiger partial charge in [0, 0.05) is 0 Å². The number of fused-ring (bicyclic) bond motifs is 1. The third-order valence-corrected chi connectivity index (χ3v) is 6.72. The lowest BCUT2D eigenvalue weighted by molar-refractivity contribution is -0.113. The van der Waals surface area contributed by atoms with Crippen LogP contribution in [0.4, 0.5) is 5.13 Å². The number of rotatable bonds is 8. The van der Waals surface area contributed by atoms with Gasteiger partial charge < -0.3 is 14.5 Å². The van der Waals surface area contributed by atoms with E-state index in [0.717, 1.165) is 21.5 Å². The maximum atomic E-state index is 12.6. The number of anilines is 1. The minimum absolute atomic E-state index is 0.167. The first kappa shape index (κ1) is 21.2. The smallest absolute Gasteiger partial charge is 0.236 e. The van der Waals surface area contributed by atoms with Crippen LogP contribution in [0.15, 0.2) is 76.5 Å². The zero-order chi connectivity index (χ0) is 22.6. The zero-order valence-corrected chi connectivity index (χ0v) is 19.2. The van der Waals surface area contributed by atoms with Crippen LogP contribution < -0.4 is 10.1 Å². The lowest BCUT2D eigenvalue weighted by Crippen LogP contribution is -2.14. The molecular formula is C23H19N5O3S2. The molecule has 2 aromatic carbocycles. The average molecular weight is 478 g/mol. The minimum atomic E-state index is -0.167. The fourth-order valence-corrected chi connectivity index (χ4v) is 4.91. The van der Waals surface area contributed by atoms with Gasteiger partial charge in [0.15, 0.2) is 16.0 Å². The molecule has 8 nitrogen and oxygen atoms in total. The summed E-state index contributed by atoms with van der Waals surface area (Å²) in [4.78, 5) is 17.1. The monoisotopic (exact) mass is 477 g/mol. The highest BCUT2D eigenvalue weighted by atomic mass is 32.2. The normalized spacial score (nSPS) is 11.1. The molecule has 0 fully saturated rings. The second kappa shape index (κ2) is 9.47. The highest BCUT2D eigenvalue weighted by Gasteiger charge is 2.18. The second-order valence-corrected chi connectivity index (χ2v) is 9.02. The van der Waals surface area contributed by atoms with Crippen molar-refractivity contribution in [1.29, 1.82) is 0 Å². The van der Waals surface area contributed by atoms with Crippen LogP contribution >= 0.6 is 23.1 Å². The minimum Gasteiger partial charge on any atom is -0.497 e. The number of hydrogen-bond donors (Lipinski definition) is 1. The second-order valence-electron chi connectivity index (χ2n) is 7.04. The van der Waals surface area contributed by atoms with Crippen molar-refractivity contribution < 1.29 is 13.9 Å². The molecule has 166 valence electrons. The van der Waals surface area contributed by atoms with Gasteiger partial charge in [-0.1, -0.05) is 53.4 Å². The summed E-state index contributed by atoms with van der Waals surface area (Å²) in [6.07, 6.45) is 1.60. The standard InChI is InChI=1S/C23H19N5O3S2/c1-30-16-9-10-17-19(12-16)33-22(24-17)25-20(29)14-32-23-27-26-21(18-8-5-11-31-18)28(23)13-15-6-3-2-4-7-15/h2-12H,13-14H2,1H3,(H,24,25,29). The van der Waals surface area contributed by atoms with Crippen molar-refractivity contribution in [2.24, 2.45) is 0 Å². The van der Waals surface area contributed by atoms with E-state index < -0.39 is 0 Å². The van der Waals surface area contributed by atoms with E-state index in [1.54, 1.807) is 13.4 Å². The van der Waals surface area contributed by atoms with Gasteiger partial charge in [0.05, 0.1) is 35.9 Å². The molecule has 5 rings (SSSR count). The van der Waals surface area contributed by atoms with E-state index in [2.05, 4.69) is 20.5 Å². The first-order valence-electron chi connectivity index (χ1n) is 10.1. The summed E-state index contributed by atoms with van der Waals surface area (Å²) in [6, 6.07) is 19.3. The largest absolute Gasteiger partial charge is 0.497 e. The number of amides is 1. The number of carbonyl (C=O) groups is 1. The van der Waals surface area contributed by atoms with Crippen LogP contribution in [-0.2, 0) is 11.3 Å². The lowest BCUT2D eigenvalue weighted by Gasteiger charge is -2.09. The average Bonchev–Trinajstić information content (AvgIpc) is 3.57. The number of methoxy groups -OCH3 is 1. The van der Waals surface area contributed by atoms with Crippen molar-refractivity contribution in [3.05, 3.63) is 72.5 Å². The van der Waals surface area contributed by atoms with Crippen LogP contribution in [0.5, 0.6) is 5.75 Å². The Morgan fingerprint density at radius 1 is 1.15 bits per heavy atom. The number of thioether (sulfide) groups is 1. The Kier molecular flexibility index (Phi) is 6.09. The van der Waals surface area contributed by atoms with Gasteiger partial charge in [0.25, 0.3) is 0 Å². The van der Waals surface area contributed by atoms with Crippen molar-refractivity contribution in [3.63, 3.8) is 0 Å². The maximum absolute atomic E-state index is 12.6. The molecule has 0 atom stereocenters. The van der Waals surface area contributed by atoms with Crippen LogP contribution in [0.25, 0.3) is 21.8 Å². The quantitative estimate of drug-likeness (QED) is 0.316. The first-order chi connectivity index (χ1) is 16.2. The fraction of sp³-hybridized carbons (Fsp3) is 0.130. The SMILES string of the molecule is COc1ccc2nc(NC(=O)CSc3nnc(-c4ccco4)n3Cc3ccccc3)sc2c1. The van der Waals surface area contributed by atoms with E-state index >= 15 is 0 Å². The Morgan fingerprint density at radius 3 is 2.82 bits per heavy atom. The molecule has 0 unspecified atom stereocenters. The van der Waals surface area contributed by atoms with Crippen molar-refractivity contribution in [2.45, 2.75) is 11.7 Å². The van der Waals surface area contributed by atoms with Crippen molar-refractivity contribution in [3.8, 4) is 17.3 Å². The van der Waals surface area contributed by atoms with Crippen LogP contribution in [0.2, 0.25) is 0 Å². The van der Waals surface area contributed by atoms with E-state index in [0.29, 0.717) is 28.4 Å². The number of nitrogens with one attached hydrogen (secondary N) is 1. The highest BCUT2D eigenvalue weighted by molar-refractivity contribution is 7.99. The number of hydrogen-bond acceptors (Lipinski definition) is 8. The predicted molar refractivity (Wildman–Crippen MR) is 129 cm³/mol. The molecule has 0 aliphatic carbocycles. The summed E-state index contributed by atoms with van der Waals surface area (Å²) in [5.74, 6) is 2.00. The molecule has 33 heavy (non-hydrogen) atoms. The van der Waals surface area contributed by atoms with Crippen LogP contribution in [0.3, 0.4) is 0 Å². The molecule has 3 heterocycles. The Balaban J connectivity index is 1.31. The van der Waals surface area contributed by atoms with E-state index in [9.17, 15) is 4.79 Å². The summed E-state index contributed by atoms with van der Waals surface area (Å²) in [6.45, 7) is 0.563. The predicted octanol–water partition coefficient (Wildman–Crippen LogP) is 4.94.